The van der Waals surface area contributed by atoms with Gasteiger partial charge < -0.3 is 19.7 Å². The van der Waals surface area contributed by atoms with Crippen LogP contribution >= 0.6 is 0 Å². The van der Waals surface area contributed by atoms with Crippen molar-refractivity contribution in [2.75, 3.05) is 39.9 Å². The average Bonchev–Trinajstić information content (AvgIpc) is 2.75. The molecule has 0 unspecified atom stereocenters. The minimum absolute atomic E-state index is 0.00857. The number of nitrogens with one attached hydrogen (secondary N) is 1. The predicted molar refractivity (Wildman–Crippen MR) is 116 cm³/mol. The molecule has 1 heterocycles. The summed E-state index contributed by atoms with van der Waals surface area (Å²) in [5.74, 6) is 1.73. The van der Waals surface area contributed by atoms with E-state index in [2.05, 4.69) is 5.32 Å². The maximum atomic E-state index is 15.1. The van der Waals surface area contributed by atoms with Crippen LogP contribution in [0.3, 0.4) is 0 Å². The Bertz CT molecular complexity index is 811. The fraction of sp³-hybridized carbons (Fsp3) is 0.542. The summed E-state index contributed by atoms with van der Waals surface area (Å²) in [7, 11) is 1.66. The van der Waals surface area contributed by atoms with Gasteiger partial charge in [-0.15, -0.1) is 0 Å². The molecule has 2 aliphatic rings. The van der Waals surface area contributed by atoms with Gasteiger partial charge in [0, 0.05) is 57.1 Å². The monoisotopic (exact) mass is 416 g/mol. The number of carbonyl (C=O) groups is 1. The standard InChI is InChI=1S/C24H33FN2O3/c1-18-7-8-20(15-19(18)2)23(28)27-12-9-24(25,10-13-27)17-26-11-14-30-22-6-4-5-21(16-22)29-3/h6-8,15-16,26H,4-5,9-14,17H2,1-3H3. The van der Waals surface area contributed by atoms with Crippen molar-refractivity contribution in [3.05, 3.63) is 58.6 Å². The highest BCUT2D eigenvalue weighted by molar-refractivity contribution is 5.94. The second-order valence-electron chi connectivity index (χ2n) is 8.23. The number of benzene rings is 1. The summed E-state index contributed by atoms with van der Waals surface area (Å²) in [5, 5.41) is 3.17. The number of halogens is 1. The lowest BCUT2D eigenvalue weighted by atomic mass is 9.92. The van der Waals surface area contributed by atoms with E-state index >= 15 is 4.39 Å². The third kappa shape index (κ3) is 5.85. The van der Waals surface area contributed by atoms with Crippen LogP contribution in [0.2, 0.25) is 0 Å². The quantitative estimate of drug-likeness (QED) is 0.650. The Hall–Kier alpha value is -2.34. The largest absolute Gasteiger partial charge is 0.501 e. The van der Waals surface area contributed by atoms with Crippen LogP contribution in [-0.4, -0.2) is 56.4 Å². The van der Waals surface area contributed by atoms with E-state index in [1.54, 1.807) is 12.0 Å². The van der Waals surface area contributed by atoms with Gasteiger partial charge >= 0.3 is 0 Å². The van der Waals surface area contributed by atoms with Gasteiger partial charge in [0.25, 0.3) is 5.91 Å². The molecule has 1 amide bonds. The molecular formula is C24H33FN2O3. The molecule has 5 nitrogen and oxygen atoms in total. The lowest BCUT2D eigenvalue weighted by molar-refractivity contribution is 0.0430. The molecule has 1 aliphatic heterocycles. The van der Waals surface area contributed by atoms with Crippen molar-refractivity contribution in [1.82, 2.24) is 10.2 Å². The third-order valence-electron chi connectivity index (χ3n) is 5.99. The van der Waals surface area contributed by atoms with Gasteiger partial charge in [-0.05, 0) is 49.6 Å². The van der Waals surface area contributed by atoms with Crippen molar-refractivity contribution in [2.45, 2.75) is 45.2 Å². The molecule has 0 bridgehead atoms. The number of carbonyl (C=O) groups excluding carboxylic acids is 1. The molecule has 3 rings (SSSR count). The number of likely N-dealkylation sites (tertiary alicyclic amines) is 1. The maximum Gasteiger partial charge on any atom is 0.253 e. The van der Waals surface area contributed by atoms with Gasteiger partial charge in [-0.25, -0.2) is 4.39 Å². The smallest absolute Gasteiger partial charge is 0.253 e. The van der Waals surface area contributed by atoms with Gasteiger partial charge in [-0.3, -0.25) is 4.79 Å². The molecule has 0 atom stereocenters. The van der Waals surface area contributed by atoms with Crippen molar-refractivity contribution in [3.63, 3.8) is 0 Å². The number of ether oxygens (including phenoxy) is 2. The van der Waals surface area contributed by atoms with Crippen LogP contribution in [0.4, 0.5) is 4.39 Å². The molecule has 164 valence electrons. The number of alkyl halides is 1. The van der Waals surface area contributed by atoms with Crippen molar-refractivity contribution < 1.29 is 18.7 Å². The molecule has 1 N–H and O–H groups in total. The normalized spacial score (nSPS) is 18.5. The van der Waals surface area contributed by atoms with Gasteiger partial charge in [-0.2, -0.15) is 0 Å². The summed E-state index contributed by atoms with van der Waals surface area (Å²) < 4.78 is 26.1. The Morgan fingerprint density at radius 1 is 1.23 bits per heavy atom. The van der Waals surface area contributed by atoms with Gasteiger partial charge in [0.2, 0.25) is 0 Å². The Morgan fingerprint density at radius 3 is 2.70 bits per heavy atom. The Morgan fingerprint density at radius 2 is 2.00 bits per heavy atom. The van der Waals surface area contributed by atoms with Crippen molar-refractivity contribution in [2.24, 2.45) is 0 Å². The van der Waals surface area contributed by atoms with Gasteiger partial charge in [-0.1, -0.05) is 6.07 Å². The number of piperidine rings is 1. The minimum Gasteiger partial charge on any atom is -0.501 e. The van der Waals surface area contributed by atoms with Gasteiger partial charge in [0.05, 0.1) is 12.9 Å². The topological polar surface area (TPSA) is 50.8 Å². The summed E-state index contributed by atoms with van der Waals surface area (Å²) in [6.07, 6.45) is 6.46. The highest BCUT2D eigenvalue weighted by atomic mass is 19.1. The van der Waals surface area contributed by atoms with Crippen LogP contribution < -0.4 is 5.32 Å². The molecule has 6 heteroatoms. The molecule has 1 aromatic carbocycles. The molecule has 30 heavy (non-hydrogen) atoms. The first-order valence-corrected chi connectivity index (χ1v) is 10.7. The predicted octanol–water partition coefficient (Wildman–Crippen LogP) is 4.06. The average molecular weight is 417 g/mol. The second-order valence-corrected chi connectivity index (χ2v) is 8.23. The Kier molecular flexibility index (Phi) is 7.53. The highest BCUT2D eigenvalue weighted by Gasteiger charge is 2.35. The van der Waals surface area contributed by atoms with Crippen molar-refractivity contribution in [3.8, 4) is 0 Å². The molecule has 1 aromatic rings. The van der Waals surface area contributed by atoms with E-state index in [-0.39, 0.29) is 12.5 Å². The van der Waals surface area contributed by atoms with Crippen LogP contribution in [0.15, 0.2) is 41.9 Å². The summed E-state index contributed by atoms with van der Waals surface area (Å²) in [6.45, 7) is 6.24. The number of aryl methyl sites for hydroxylation is 2. The summed E-state index contributed by atoms with van der Waals surface area (Å²) in [5.41, 5.74) is 1.66. The first kappa shape index (κ1) is 22.3. The van der Waals surface area contributed by atoms with E-state index < -0.39 is 5.67 Å². The van der Waals surface area contributed by atoms with Gasteiger partial charge in [0.15, 0.2) is 0 Å². The molecule has 0 aromatic heterocycles. The minimum atomic E-state index is -1.28. The first-order chi connectivity index (χ1) is 14.4. The Balaban J connectivity index is 1.38. The zero-order chi connectivity index (χ0) is 21.6. The molecule has 1 aliphatic carbocycles. The number of nitrogens with zero attached hydrogens (tertiary/aromatic N) is 1. The highest BCUT2D eigenvalue weighted by Crippen LogP contribution is 2.27. The van der Waals surface area contributed by atoms with Crippen LogP contribution in [-0.2, 0) is 9.47 Å². The number of hydrogen-bond acceptors (Lipinski definition) is 4. The van der Waals surface area contributed by atoms with Crippen molar-refractivity contribution >= 4 is 5.91 Å². The van der Waals surface area contributed by atoms with E-state index in [1.807, 2.05) is 44.2 Å². The van der Waals surface area contributed by atoms with Crippen LogP contribution in [0.25, 0.3) is 0 Å². The van der Waals surface area contributed by atoms with Crippen LogP contribution in [0.5, 0.6) is 0 Å². The number of allylic oxidation sites excluding steroid dienone is 3. The number of methoxy groups -OCH3 is 1. The maximum absolute atomic E-state index is 15.1. The van der Waals surface area contributed by atoms with Crippen LogP contribution in [0.1, 0.15) is 47.2 Å². The summed E-state index contributed by atoms with van der Waals surface area (Å²) in [4.78, 5) is 14.5. The van der Waals surface area contributed by atoms with E-state index in [9.17, 15) is 4.79 Å². The second kappa shape index (κ2) is 10.1. The number of rotatable bonds is 8. The fourth-order valence-electron chi connectivity index (χ4n) is 3.81. The number of amides is 1. The van der Waals surface area contributed by atoms with E-state index in [0.29, 0.717) is 44.6 Å². The first-order valence-electron chi connectivity index (χ1n) is 10.7. The van der Waals surface area contributed by atoms with E-state index in [1.165, 1.54) is 0 Å². The molecule has 1 fully saturated rings. The molecular weight excluding hydrogens is 383 g/mol. The summed E-state index contributed by atoms with van der Waals surface area (Å²) >= 11 is 0. The lowest BCUT2D eigenvalue weighted by Gasteiger charge is -2.36. The third-order valence-corrected chi connectivity index (χ3v) is 5.99. The number of hydrogen-bond donors (Lipinski definition) is 1. The Labute approximate surface area is 178 Å². The van der Waals surface area contributed by atoms with Crippen molar-refractivity contribution in [1.29, 1.82) is 0 Å². The zero-order valence-electron chi connectivity index (χ0n) is 18.3. The van der Waals surface area contributed by atoms with Gasteiger partial charge in [0.1, 0.15) is 18.0 Å². The molecule has 0 spiro atoms. The molecule has 0 radical (unpaired) electrons. The van der Waals surface area contributed by atoms with E-state index in [0.717, 1.165) is 35.5 Å². The zero-order valence-corrected chi connectivity index (χ0v) is 18.3. The van der Waals surface area contributed by atoms with E-state index in [4.69, 9.17) is 9.47 Å². The van der Waals surface area contributed by atoms with Crippen LogP contribution in [0, 0.1) is 13.8 Å². The SMILES string of the molecule is COC1=CC(OCCNCC2(F)CCN(C(=O)c3ccc(C)c(C)c3)CC2)=CCC1. The summed E-state index contributed by atoms with van der Waals surface area (Å²) in [6, 6.07) is 5.74. The fourth-order valence-corrected chi connectivity index (χ4v) is 3.81. The molecule has 0 saturated carbocycles. The lowest BCUT2D eigenvalue weighted by Crippen LogP contribution is -2.49. The molecule has 1 saturated heterocycles.